The highest BCUT2D eigenvalue weighted by Gasteiger charge is 2.20. The van der Waals surface area contributed by atoms with Crippen molar-refractivity contribution in [3.8, 4) is 0 Å². The van der Waals surface area contributed by atoms with E-state index < -0.39 is 26.7 Å². The maximum atomic E-state index is 13.6. The number of carboxylic acids is 1. The largest absolute Gasteiger partial charge is 0.478 e. The first-order chi connectivity index (χ1) is 9.27. The maximum Gasteiger partial charge on any atom is 0.335 e. The maximum absolute atomic E-state index is 13.6. The van der Waals surface area contributed by atoms with E-state index >= 15 is 0 Å². The van der Waals surface area contributed by atoms with Gasteiger partial charge in [0.05, 0.1) is 5.56 Å². The van der Waals surface area contributed by atoms with Crippen LogP contribution in [0.2, 0.25) is 0 Å². The van der Waals surface area contributed by atoms with Crippen molar-refractivity contribution in [3.05, 3.63) is 29.6 Å². The molecule has 9 heteroatoms. The fourth-order valence-electron chi connectivity index (χ4n) is 1.35. The van der Waals surface area contributed by atoms with Crippen LogP contribution in [0.5, 0.6) is 0 Å². The van der Waals surface area contributed by atoms with Gasteiger partial charge in [-0.15, -0.1) is 0 Å². The first kappa shape index (κ1) is 16.1. The van der Waals surface area contributed by atoms with Crippen LogP contribution in [0.3, 0.4) is 0 Å². The third-order valence-corrected chi connectivity index (χ3v) is 3.89. The standard InChI is InChI=1S/C11H13FN2O5S/c1-13-10(15)4-5-14-20(18,19)9-3-2-7(11(16)17)6-8(9)12/h2-3,6,14H,4-5H2,1H3,(H,13,15)(H,16,17). The third kappa shape index (κ3) is 4.00. The Kier molecular flexibility index (Phi) is 5.17. The number of aromatic carboxylic acids is 1. The lowest BCUT2D eigenvalue weighted by Crippen LogP contribution is -2.29. The van der Waals surface area contributed by atoms with E-state index in [1.165, 1.54) is 7.05 Å². The van der Waals surface area contributed by atoms with Gasteiger partial charge in [0.2, 0.25) is 15.9 Å². The quantitative estimate of drug-likeness (QED) is 0.681. The van der Waals surface area contributed by atoms with Gasteiger partial charge >= 0.3 is 5.97 Å². The van der Waals surface area contributed by atoms with Crippen LogP contribution >= 0.6 is 0 Å². The molecular weight excluding hydrogens is 291 g/mol. The minimum atomic E-state index is -4.14. The summed E-state index contributed by atoms with van der Waals surface area (Å²) in [6, 6.07) is 2.47. The molecule has 0 radical (unpaired) electrons. The Morgan fingerprint density at radius 2 is 2.00 bits per heavy atom. The van der Waals surface area contributed by atoms with Gasteiger partial charge in [0, 0.05) is 20.0 Å². The zero-order valence-electron chi connectivity index (χ0n) is 10.5. The number of hydrogen-bond donors (Lipinski definition) is 3. The number of hydrogen-bond acceptors (Lipinski definition) is 4. The second kappa shape index (κ2) is 6.44. The summed E-state index contributed by atoms with van der Waals surface area (Å²) >= 11 is 0. The van der Waals surface area contributed by atoms with Crippen molar-refractivity contribution in [2.24, 2.45) is 0 Å². The fraction of sp³-hybridized carbons (Fsp3) is 0.273. The number of carbonyl (C=O) groups excluding carboxylic acids is 1. The van der Waals surface area contributed by atoms with Crippen LogP contribution in [0.15, 0.2) is 23.1 Å². The van der Waals surface area contributed by atoms with E-state index in [-0.39, 0.29) is 24.4 Å². The lowest BCUT2D eigenvalue weighted by Gasteiger charge is -2.07. The summed E-state index contributed by atoms with van der Waals surface area (Å²) in [4.78, 5) is 20.9. The van der Waals surface area contributed by atoms with Gasteiger partial charge in [-0.05, 0) is 18.2 Å². The highest BCUT2D eigenvalue weighted by molar-refractivity contribution is 7.89. The summed E-state index contributed by atoms with van der Waals surface area (Å²) in [7, 11) is -2.73. The van der Waals surface area contributed by atoms with E-state index in [9.17, 15) is 22.4 Å². The number of sulfonamides is 1. The monoisotopic (exact) mass is 304 g/mol. The Morgan fingerprint density at radius 1 is 1.35 bits per heavy atom. The topological polar surface area (TPSA) is 113 Å². The minimum Gasteiger partial charge on any atom is -0.478 e. The van der Waals surface area contributed by atoms with Gasteiger partial charge in [-0.2, -0.15) is 0 Å². The van der Waals surface area contributed by atoms with Crippen LogP contribution in [-0.2, 0) is 14.8 Å². The summed E-state index contributed by atoms with van der Waals surface area (Å²) in [6.45, 7) is -0.192. The lowest BCUT2D eigenvalue weighted by molar-refractivity contribution is -0.120. The molecule has 0 unspecified atom stereocenters. The van der Waals surface area contributed by atoms with Crippen molar-refractivity contribution >= 4 is 21.9 Å². The number of carbonyl (C=O) groups is 2. The second-order valence-corrected chi connectivity index (χ2v) is 5.51. The number of benzene rings is 1. The lowest BCUT2D eigenvalue weighted by atomic mass is 10.2. The highest BCUT2D eigenvalue weighted by atomic mass is 32.2. The Labute approximate surface area is 114 Å². The number of amides is 1. The van der Waals surface area contributed by atoms with Crippen molar-refractivity contribution in [1.82, 2.24) is 10.0 Å². The van der Waals surface area contributed by atoms with Gasteiger partial charge < -0.3 is 10.4 Å². The smallest absolute Gasteiger partial charge is 0.335 e. The second-order valence-electron chi connectivity index (χ2n) is 3.77. The minimum absolute atomic E-state index is 0.0927. The Balaban J connectivity index is 2.87. The average Bonchev–Trinajstić information content (AvgIpc) is 2.37. The van der Waals surface area contributed by atoms with Crippen LogP contribution in [0.25, 0.3) is 0 Å². The van der Waals surface area contributed by atoms with Gasteiger partial charge in [-0.1, -0.05) is 0 Å². The van der Waals surface area contributed by atoms with E-state index in [0.717, 1.165) is 12.1 Å². The first-order valence-electron chi connectivity index (χ1n) is 5.51. The predicted molar refractivity (Wildman–Crippen MR) is 67.2 cm³/mol. The van der Waals surface area contributed by atoms with Crippen molar-refractivity contribution < 1.29 is 27.5 Å². The molecule has 110 valence electrons. The summed E-state index contributed by atoms with van der Waals surface area (Å²) in [5, 5.41) is 11.0. The highest BCUT2D eigenvalue weighted by Crippen LogP contribution is 2.16. The molecule has 1 amide bonds. The molecular formula is C11H13FN2O5S. The molecule has 1 aromatic carbocycles. The van der Waals surface area contributed by atoms with Crippen molar-refractivity contribution in [1.29, 1.82) is 0 Å². The molecule has 1 aromatic rings. The van der Waals surface area contributed by atoms with E-state index in [1.807, 2.05) is 0 Å². The summed E-state index contributed by atoms with van der Waals surface area (Å²) in [6.07, 6.45) is -0.0927. The molecule has 7 nitrogen and oxygen atoms in total. The Bertz CT molecular complexity index is 630. The molecule has 0 saturated heterocycles. The fourth-order valence-corrected chi connectivity index (χ4v) is 2.44. The molecule has 0 spiro atoms. The Hall–Kier alpha value is -2.00. The van der Waals surface area contributed by atoms with Gasteiger partial charge in [0.1, 0.15) is 10.7 Å². The van der Waals surface area contributed by atoms with E-state index in [4.69, 9.17) is 5.11 Å². The molecule has 0 aromatic heterocycles. The molecule has 0 aliphatic heterocycles. The summed E-state index contributed by atoms with van der Waals surface area (Å²) in [5.74, 6) is -2.90. The van der Waals surface area contributed by atoms with Crippen molar-refractivity contribution in [3.63, 3.8) is 0 Å². The van der Waals surface area contributed by atoms with Crippen LogP contribution < -0.4 is 10.0 Å². The van der Waals surface area contributed by atoms with Crippen molar-refractivity contribution in [2.45, 2.75) is 11.3 Å². The van der Waals surface area contributed by atoms with Gasteiger partial charge in [-0.25, -0.2) is 22.3 Å². The number of rotatable bonds is 6. The molecule has 0 aliphatic rings. The predicted octanol–water partition coefficient (Wildman–Crippen LogP) is -0.0617. The first-order valence-corrected chi connectivity index (χ1v) is 6.99. The SMILES string of the molecule is CNC(=O)CCNS(=O)(=O)c1ccc(C(=O)O)cc1F. The molecule has 0 heterocycles. The van der Waals surface area contributed by atoms with Crippen LogP contribution in [-0.4, -0.2) is 39.0 Å². The molecule has 0 saturated carbocycles. The van der Waals surface area contributed by atoms with Gasteiger partial charge in [0.15, 0.2) is 0 Å². The molecule has 3 N–H and O–H groups in total. The molecule has 0 atom stereocenters. The molecule has 0 aliphatic carbocycles. The average molecular weight is 304 g/mol. The Morgan fingerprint density at radius 3 is 2.50 bits per heavy atom. The van der Waals surface area contributed by atoms with Crippen LogP contribution in [0.1, 0.15) is 16.8 Å². The molecule has 20 heavy (non-hydrogen) atoms. The number of halogens is 1. The summed E-state index contributed by atoms with van der Waals surface area (Å²) < 4.78 is 39.2. The number of carboxylic acid groups (broad SMARTS) is 1. The zero-order valence-corrected chi connectivity index (χ0v) is 11.3. The van der Waals surface area contributed by atoms with Gasteiger partial charge in [0.25, 0.3) is 0 Å². The summed E-state index contributed by atoms with van der Waals surface area (Å²) in [5.41, 5.74) is -0.355. The molecule has 0 bridgehead atoms. The number of nitrogens with one attached hydrogen (secondary N) is 2. The van der Waals surface area contributed by atoms with Crippen molar-refractivity contribution in [2.75, 3.05) is 13.6 Å². The normalized spacial score (nSPS) is 11.1. The van der Waals surface area contributed by atoms with Crippen LogP contribution in [0.4, 0.5) is 4.39 Å². The molecule has 0 fully saturated rings. The third-order valence-electron chi connectivity index (χ3n) is 2.39. The van der Waals surface area contributed by atoms with E-state index in [2.05, 4.69) is 10.0 Å². The zero-order chi connectivity index (χ0) is 15.3. The van der Waals surface area contributed by atoms with E-state index in [1.54, 1.807) is 0 Å². The van der Waals surface area contributed by atoms with Gasteiger partial charge in [-0.3, -0.25) is 4.79 Å². The molecule has 1 rings (SSSR count). The van der Waals surface area contributed by atoms with Crippen LogP contribution in [0, 0.1) is 5.82 Å². The van der Waals surface area contributed by atoms with E-state index in [0.29, 0.717) is 6.07 Å².